The van der Waals surface area contributed by atoms with Crippen molar-refractivity contribution in [1.82, 2.24) is 9.80 Å². The lowest BCUT2D eigenvalue weighted by atomic mass is 9.76. The van der Waals surface area contributed by atoms with Gasteiger partial charge in [0.05, 0.1) is 6.54 Å². The highest BCUT2D eigenvalue weighted by molar-refractivity contribution is 5.83. The molecule has 19 heavy (non-hydrogen) atoms. The second-order valence-corrected chi connectivity index (χ2v) is 5.53. The van der Waals surface area contributed by atoms with Crippen molar-refractivity contribution in [2.45, 2.75) is 39.7 Å². The van der Waals surface area contributed by atoms with E-state index in [0.717, 1.165) is 12.8 Å². The summed E-state index contributed by atoms with van der Waals surface area (Å²) in [6.45, 7) is 6.77. The molecule has 1 rings (SSSR count). The number of hydrogen-bond donors (Lipinski definition) is 1. The number of carboxylic acid groups (broad SMARTS) is 1. The van der Waals surface area contributed by atoms with Gasteiger partial charge in [-0.05, 0) is 25.2 Å². The number of carboxylic acids is 1. The molecule has 1 fully saturated rings. The van der Waals surface area contributed by atoms with Gasteiger partial charge in [-0.25, -0.2) is 9.59 Å². The summed E-state index contributed by atoms with van der Waals surface area (Å²) in [5.74, 6) is 1.49. The number of piperidine rings is 1. The molecule has 1 N–H and O–H groups in total. The minimum atomic E-state index is -0.949. The third kappa shape index (κ3) is 3.19. The summed E-state index contributed by atoms with van der Waals surface area (Å²) >= 11 is 0. The molecule has 0 saturated carbocycles. The molecule has 0 spiro atoms. The predicted octanol–water partition coefficient (Wildman–Crippen LogP) is 1.64. The Bertz CT molecular complexity index is 398. The number of terminal acetylenes is 1. The first kappa shape index (κ1) is 15.4. The van der Waals surface area contributed by atoms with Crippen LogP contribution in [0, 0.1) is 17.8 Å². The fraction of sp³-hybridized carbons (Fsp3) is 0.714. The topological polar surface area (TPSA) is 60.9 Å². The summed E-state index contributed by atoms with van der Waals surface area (Å²) in [5, 5.41) is 9.42. The lowest BCUT2D eigenvalue weighted by Gasteiger charge is -2.45. The summed E-state index contributed by atoms with van der Waals surface area (Å²) in [6, 6.07) is -1.07. The number of hydrogen-bond acceptors (Lipinski definition) is 2. The van der Waals surface area contributed by atoms with Crippen molar-refractivity contribution in [1.29, 1.82) is 0 Å². The van der Waals surface area contributed by atoms with E-state index in [4.69, 9.17) is 6.42 Å². The van der Waals surface area contributed by atoms with Crippen LogP contribution >= 0.6 is 0 Å². The molecule has 1 heterocycles. The molecule has 1 saturated heterocycles. The van der Waals surface area contributed by atoms with Gasteiger partial charge in [0.2, 0.25) is 0 Å². The van der Waals surface area contributed by atoms with Gasteiger partial charge >= 0.3 is 12.0 Å². The Labute approximate surface area is 114 Å². The van der Waals surface area contributed by atoms with E-state index in [1.165, 1.54) is 9.80 Å². The molecular formula is C14H22N2O3. The quantitative estimate of drug-likeness (QED) is 0.790. The van der Waals surface area contributed by atoms with Crippen LogP contribution in [0.25, 0.3) is 0 Å². The van der Waals surface area contributed by atoms with Gasteiger partial charge in [-0.2, -0.15) is 0 Å². The SMILES string of the molecule is C#CCN(CC)C(=O)N1CCCC(C)(C)C1C(=O)O. The number of carbonyl (C=O) groups excluding carboxylic acids is 1. The zero-order valence-corrected chi connectivity index (χ0v) is 11.8. The van der Waals surface area contributed by atoms with Crippen LogP contribution in [0.4, 0.5) is 4.79 Å². The number of likely N-dealkylation sites (tertiary alicyclic amines) is 1. The first-order valence-electron chi connectivity index (χ1n) is 6.57. The second-order valence-electron chi connectivity index (χ2n) is 5.53. The highest BCUT2D eigenvalue weighted by Crippen LogP contribution is 2.35. The van der Waals surface area contributed by atoms with Crippen LogP contribution in [-0.2, 0) is 4.79 Å². The first-order chi connectivity index (χ1) is 8.85. The standard InChI is InChI=1S/C14H22N2O3/c1-5-9-15(6-2)13(19)16-10-7-8-14(3,4)11(16)12(17)18/h1,11H,6-10H2,2-4H3,(H,17,18). The van der Waals surface area contributed by atoms with E-state index in [1.54, 1.807) is 0 Å². The van der Waals surface area contributed by atoms with Crippen LogP contribution in [0.15, 0.2) is 0 Å². The van der Waals surface area contributed by atoms with Gasteiger partial charge in [0.1, 0.15) is 6.04 Å². The third-order valence-electron chi connectivity index (χ3n) is 3.69. The Balaban J connectivity index is 2.99. The van der Waals surface area contributed by atoms with E-state index < -0.39 is 17.4 Å². The van der Waals surface area contributed by atoms with E-state index in [9.17, 15) is 14.7 Å². The minimum absolute atomic E-state index is 0.207. The van der Waals surface area contributed by atoms with E-state index >= 15 is 0 Å². The van der Waals surface area contributed by atoms with Crippen molar-refractivity contribution in [3.63, 3.8) is 0 Å². The van der Waals surface area contributed by atoms with Gasteiger partial charge in [-0.1, -0.05) is 19.8 Å². The van der Waals surface area contributed by atoms with Crippen LogP contribution in [-0.4, -0.2) is 52.6 Å². The number of urea groups is 1. The molecule has 106 valence electrons. The molecule has 0 radical (unpaired) electrons. The summed E-state index contributed by atoms with van der Waals surface area (Å²) in [4.78, 5) is 26.9. The summed E-state index contributed by atoms with van der Waals surface area (Å²) < 4.78 is 0. The van der Waals surface area contributed by atoms with Crippen molar-refractivity contribution in [2.75, 3.05) is 19.6 Å². The van der Waals surface area contributed by atoms with Gasteiger partial charge in [0, 0.05) is 13.1 Å². The van der Waals surface area contributed by atoms with E-state index in [1.807, 2.05) is 20.8 Å². The number of aliphatic carboxylic acids is 1. The predicted molar refractivity (Wildman–Crippen MR) is 72.6 cm³/mol. The maximum atomic E-state index is 12.4. The van der Waals surface area contributed by atoms with Gasteiger partial charge < -0.3 is 14.9 Å². The van der Waals surface area contributed by atoms with Crippen LogP contribution < -0.4 is 0 Å². The number of carbonyl (C=O) groups is 2. The number of rotatable bonds is 3. The monoisotopic (exact) mass is 266 g/mol. The fourth-order valence-corrected chi connectivity index (χ4v) is 2.67. The Morgan fingerprint density at radius 1 is 1.53 bits per heavy atom. The molecule has 0 bridgehead atoms. The second kappa shape index (κ2) is 5.96. The van der Waals surface area contributed by atoms with Gasteiger partial charge in [0.15, 0.2) is 0 Å². The van der Waals surface area contributed by atoms with Crippen LogP contribution in [0.1, 0.15) is 33.6 Å². The maximum Gasteiger partial charge on any atom is 0.327 e. The van der Waals surface area contributed by atoms with Crippen molar-refractivity contribution in [3.8, 4) is 12.3 Å². The van der Waals surface area contributed by atoms with Crippen molar-refractivity contribution < 1.29 is 14.7 Å². The Hall–Kier alpha value is -1.70. The highest BCUT2D eigenvalue weighted by Gasteiger charge is 2.45. The molecule has 5 nitrogen and oxygen atoms in total. The van der Waals surface area contributed by atoms with Crippen molar-refractivity contribution in [3.05, 3.63) is 0 Å². The Morgan fingerprint density at radius 2 is 2.16 bits per heavy atom. The summed E-state index contributed by atoms with van der Waals surface area (Å²) in [5.41, 5.74) is -0.421. The summed E-state index contributed by atoms with van der Waals surface area (Å²) in [6.07, 6.45) is 6.86. The molecule has 0 aromatic heterocycles. The normalized spacial score (nSPS) is 21.6. The Morgan fingerprint density at radius 3 is 2.63 bits per heavy atom. The van der Waals surface area contributed by atoms with Gasteiger partial charge in [-0.3, -0.25) is 0 Å². The average Bonchev–Trinajstić information content (AvgIpc) is 2.33. The largest absolute Gasteiger partial charge is 0.480 e. The maximum absolute atomic E-state index is 12.4. The van der Waals surface area contributed by atoms with E-state index in [0.29, 0.717) is 13.1 Å². The molecule has 0 aromatic carbocycles. The molecule has 0 aromatic rings. The molecule has 1 aliphatic rings. The van der Waals surface area contributed by atoms with Crippen LogP contribution in [0.3, 0.4) is 0 Å². The van der Waals surface area contributed by atoms with Crippen molar-refractivity contribution >= 4 is 12.0 Å². The molecule has 1 atom stereocenters. The van der Waals surface area contributed by atoms with Crippen LogP contribution in [0.5, 0.6) is 0 Å². The van der Waals surface area contributed by atoms with Crippen LogP contribution in [0.2, 0.25) is 0 Å². The fourth-order valence-electron chi connectivity index (χ4n) is 2.67. The zero-order valence-electron chi connectivity index (χ0n) is 11.8. The van der Waals surface area contributed by atoms with Gasteiger partial charge in [0.25, 0.3) is 0 Å². The van der Waals surface area contributed by atoms with E-state index in [-0.39, 0.29) is 12.6 Å². The highest BCUT2D eigenvalue weighted by atomic mass is 16.4. The lowest BCUT2D eigenvalue weighted by molar-refractivity contribution is -0.148. The molecule has 0 aliphatic carbocycles. The molecule has 1 aliphatic heterocycles. The first-order valence-corrected chi connectivity index (χ1v) is 6.57. The third-order valence-corrected chi connectivity index (χ3v) is 3.69. The van der Waals surface area contributed by atoms with Gasteiger partial charge in [-0.15, -0.1) is 6.42 Å². The smallest absolute Gasteiger partial charge is 0.327 e. The zero-order chi connectivity index (χ0) is 14.6. The van der Waals surface area contributed by atoms with E-state index in [2.05, 4.69) is 5.92 Å². The minimum Gasteiger partial charge on any atom is -0.480 e. The molecule has 5 heteroatoms. The number of amides is 2. The average molecular weight is 266 g/mol. The summed E-state index contributed by atoms with van der Waals surface area (Å²) in [7, 11) is 0. The lowest BCUT2D eigenvalue weighted by Crippen LogP contribution is -2.59. The molecule has 2 amide bonds. The van der Waals surface area contributed by atoms with Crippen molar-refractivity contribution in [2.24, 2.45) is 5.41 Å². The molecular weight excluding hydrogens is 244 g/mol. The Kier molecular flexibility index (Phi) is 4.82. The number of nitrogens with zero attached hydrogens (tertiary/aromatic N) is 2. The molecule has 1 unspecified atom stereocenters.